The van der Waals surface area contributed by atoms with E-state index in [1.165, 1.54) is 0 Å². The number of methoxy groups -OCH3 is 1. The van der Waals surface area contributed by atoms with Crippen LogP contribution in [-0.4, -0.2) is 35.7 Å². The number of nitrogens with one attached hydrogen (secondary N) is 1. The third-order valence-corrected chi connectivity index (χ3v) is 2.58. The van der Waals surface area contributed by atoms with Gasteiger partial charge in [-0.1, -0.05) is 13.3 Å². The Morgan fingerprint density at radius 1 is 1.21 bits per heavy atom. The van der Waals surface area contributed by atoms with Gasteiger partial charge < -0.3 is 20.3 Å². The van der Waals surface area contributed by atoms with E-state index in [2.05, 4.69) is 10.1 Å². The molecule has 0 radical (unpaired) electrons. The number of carbonyl (C=O) groups excluding carboxylic acids is 2. The van der Waals surface area contributed by atoms with E-state index < -0.39 is 17.6 Å². The Kier molecular flexibility index (Phi) is 5.17. The van der Waals surface area contributed by atoms with Crippen LogP contribution in [0.15, 0.2) is 12.1 Å². The molecular formula is C13H17NO5. The van der Waals surface area contributed by atoms with E-state index >= 15 is 0 Å². The minimum atomic E-state index is -0.778. The predicted octanol–water partition coefficient (Wildman–Crippen LogP) is 1.41. The van der Waals surface area contributed by atoms with Crippen molar-refractivity contribution in [3.8, 4) is 11.5 Å². The third kappa shape index (κ3) is 3.61. The van der Waals surface area contributed by atoms with Crippen LogP contribution in [0, 0.1) is 0 Å². The topological polar surface area (TPSA) is 95.9 Å². The van der Waals surface area contributed by atoms with Crippen LogP contribution in [0.4, 0.5) is 0 Å². The van der Waals surface area contributed by atoms with E-state index in [1.54, 1.807) is 0 Å². The summed E-state index contributed by atoms with van der Waals surface area (Å²) in [5.41, 5.74) is -0.241. The number of aromatic hydroxyl groups is 2. The van der Waals surface area contributed by atoms with Gasteiger partial charge in [-0.3, -0.25) is 4.79 Å². The first kappa shape index (κ1) is 14.8. The van der Waals surface area contributed by atoms with Gasteiger partial charge in [-0.05, 0) is 12.5 Å². The number of carbonyl (C=O) groups is 2. The second-order valence-electron chi connectivity index (χ2n) is 3.99. The highest BCUT2D eigenvalue weighted by atomic mass is 16.5. The van der Waals surface area contributed by atoms with Crippen molar-refractivity contribution in [3.05, 3.63) is 23.3 Å². The van der Waals surface area contributed by atoms with Crippen LogP contribution in [-0.2, 0) is 4.74 Å². The van der Waals surface area contributed by atoms with Crippen molar-refractivity contribution in [1.29, 1.82) is 0 Å². The molecule has 1 aromatic rings. The first-order chi connectivity index (χ1) is 9.01. The van der Waals surface area contributed by atoms with E-state index in [0.717, 1.165) is 32.1 Å². The highest BCUT2D eigenvalue weighted by Gasteiger charge is 2.19. The highest BCUT2D eigenvalue weighted by molar-refractivity contribution is 6.01. The molecule has 0 aliphatic carbocycles. The summed E-state index contributed by atoms with van der Waals surface area (Å²) in [6.07, 6.45) is 1.74. The van der Waals surface area contributed by atoms with Gasteiger partial charge in [0, 0.05) is 12.6 Å². The Balaban J connectivity index is 3.00. The van der Waals surface area contributed by atoms with Crippen LogP contribution in [0.25, 0.3) is 0 Å². The van der Waals surface area contributed by atoms with Crippen molar-refractivity contribution in [2.24, 2.45) is 0 Å². The number of ether oxygens (including phenoxy) is 1. The van der Waals surface area contributed by atoms with Gasteiger partial charge >= 0.3 is 5.97 Å². The van der Waals surface area contributed by atoms with Gasteiger partial charge in [0.2, 0.25) is 0 Å². The van der Waals surface area contributed by atoms with Crippen molar-refractivity contribution in [1.82, 2.24) is 5.32 Å². The zero-order valence-electron chi connectivity index (χ0n) is 10.9. The highest BCUT2D eigenvalue weighted by Crippen LogP contribution is 2.27. The number of benzene rings is 1. The molecule has 0 aliphatic heterocycles. The predicted molar refractivity (Wildman–Crippen MR) is 68.4 cm³/mol. The second-order valence-corrected chi connectivity index (χ2v) is 3.99. The van der Waals surface area contributed by atoms with Crippen molar-refractivity contribution in [2.75, 3.05) is 13.7 Å². The number of rotatable bonds is 5. The Morgan fingerprint density at radius 3 is 2.42 bits per heavy atom. The first-order valence-electron chi connectivity index (χ1n) is 5.93. The smallest absolute Gasteiger partial charge is 0.341 e. The number of phenolic OH excluding ortho intramolecular Hbond substituents is 2. The number of hydrogen-bond acceptors (Lipinski definition) is 5. The lowest BCUT2D eigenvalue weighted by atomic mass is 10.1. The largest absolute Gasteiger partial charge is 0.507 e. The van der Waals surface area contributed by atoms with Crippen molar-refractivity contribution in [3.63, 3.8) is 0 Å². The molecule has 0 atom stereocenters. The molecule has 19 heavy (non-hydrogen) atoms. The molecule has 0 aromatic heterocycles. The van der Waals surface area contributed by atoms with Crippen LogP contribution in [0.3, 0.4) is 0 Å². The van der Waals surface area contributed by atoms with Gasteiger partial charge in [0.15, 0.2) is 0 Å². The summed E-state index contributed by atoms with van der Waals surface area (Å²) in [6.45, 7) is 2.46. The number of amides is 1. The molecule has 1 rings (SSSR count). The normalized spacial score (nSPS) is 10.0. The second kappa shape index (κ2) is 6.63. The molecule has 1 amide bonds. The summed E-state index contributed by atoms with van der Waals surface area (Å²) in [6, 6.07) is 2.05. The molecule has 0 heterocycles. The molecule has 1 aromatic carbocycles. The minimum absolute atomic E-state index is 0.0747. The maximum atomic E-state index is 11.8. The summed E-state index contributed by atoms with van der Waals surface area (Å²) < 4.78 is 4.48. The summed E-state index contributed by atoms with van der Waals surface area (Å²) in [7, 11) is 1.16. The summed E-state index contributed by atoms with van der Waals surface area (Å²) in [5, 5.41) is 21.8. The van der Waals surface area contributed by atoms with Crippen LogP contribution < -0.4 is 5.32 Å². The maximum absolute atomic E-state index is 11.8. The van der Waals surface area contributed by atoms with E-state index in [9.17, 15) is 19.8 Å². The van der Waals surface area contributed by atoms with Crippen molar-refractivity contribution in [2.45, 2.75) is 19.8 Å². The molecule has 3 N–H and O–H groups in total. The summed E-state index contributed by atoms with van der Waals surface area (Å²) in [5.74, 6) is -2.11. The van der Waals surface area contributed by atoms with E-state index in [0.29, 0.717) is 6.54 Å². The monoisotopic (exact) mass is 267 g/mol. The van der Waals surface area contributed by atoms with E-state index in [4.69, 9.17) is 0 Å². The molecule has 0 bridgehead atoms. The number of unbranched alkanes of at least 4 members (excludes halogenated alkanes) is 1. The fourth-order valence-electron chi connectivity index (χ4n) is 1.51. The van der Waals surface area contributed by atoms with Crippen molar-refractivity contribution < 1.29 is 24.5 Å². The zero-order valence-corrected chi connectivity index (χ0v) is 10.9. The molecule has 0 unspecified atom stereocenters. The lowest BCUT2D eigenvalue weighted by Crippen LogP contribution is -2.24. The Bertz CT molecular complexity index is 484. The standard InChI is InChI=1S/C13H17NO5/c1-3-4-5-14-12(17)8-6-9(13(18)19-2)11(16)7-10(8)15/h6-7,15-16H,3-5H2,1-2H3,(H,14,17). The van der Waals surface area contributed by atoms with Crippen LogP contribution in [0.2, 0.25) is 0 Å². The Hall–Kier alpha value is -2.24. The van der Waals surface area contributed by atoms with Gasteiger partial charge in [-0.2, -0.15) is 0 Å². The van der Waals surface area contributed by atoms with Crippen LogP contribution in [0.5, 0.6) is 11.5 Å². The Morgan fingerprint density at radius 2 is 1.84 bits per heavy atom. The van der Waals surface area contributed by atoms with Gasteiger partial charge in [0.05, 0.1) is 12.7 Å². The van der Waals surface area contributed by atoms with Gasteiger partial charge in [0.25, 0.3) is 5.91 Å². The van der Waals surface area contributed by atoms with Crippen LogP contribution >= 0.6 is 0 Å². The zero-order chi connectivity index (χ0) is 14.4. The molecule has 6 heteroatoms. The molecule has 0 saturated heterocycles. The molecule has 0 spiro atoms. The maximum Gasteiger partial charge on any atom is 0.341 e. The summed E-state index contributed by atoms with van der Waals surface area (Å²) in [4.78, 5) is 23.2. The van der Waals surface area contributed by atoms with Crippen LogP contribution in [0.1, 0.15) is 40.5 Å². The number of esters is 1. The van der Waals surface area contributed by atoms with Gasteiger partial charge in [-0.25, -0.2) is 4.79 Å². The lowest BCUT2D eigenvalue weighted by molar-refractivity contribution is 0.0597. The average molecular weight is 267 g/mol. The lowest BCUT2D eigenvalue weighted by Gasteiger charge is -2.09. The molecule has 6 nitrogen and oxygen atoms in total. The molecule has 0 saturated carbocycles. The minimum Gasteiger partial charge on any atom is -0.507 e. The third-order valence-electron chi connectivity index (χ3n) is 2.58. The van der Waals surface area contributed by atoms with E-state index in [1.807, 2.05) is 6.92 Å². The molecule has 0 fully saturated rings. The number of hydrogen-bond donors (Lipinski definition) is 3. The van der Waals surface area contributed by atoms with Crippen molar-refractivity contribution >= 4 is 11.9 Å². The molecular weight excluding hydrogens is 250 g/mol. The Labute approximate surface area is 111 Å². The number of phenols is 2. The fourth-order valence-corrected chi connectivity index (χ4v) is 1.51. The molecule has 0 aliphatic rings. The van der Waals surface area contributed by atoms with E-state index in [-0.39, 0.29) is 16.9 Å². The fraction of sp³-hybridized carbons (Fsp3) is 0.385. The SMILES string of the molecule is CCCCNC(=O)c1cc(C(=O)OC)c(O)cc1O. The quantitative estimate of drug-likeness (QED) is 0.554. The average Bonchev–Trinajstić information content (AvgIpc) is 2.38. The van der Waals surface area contributed by atoms with Gasteiger partial charge in [0.1, 0.15) is 17.1 Å². The molecule has 104 valence electrons. The first-order valence-corrected chi connectivity index (χ1v) is 5.93. The summed E-state index contributed by atoms with van der Waals surface area (Å²) >= 11 is 0. The van der Waals surface area contributed by atoms with Gasteiger partial charge in [-0.15, -0.1) is 0 Å².